The van der Waals surface area contributed by atoms with E-state index in [0.717, 1.165) is 57.0 Å². The molecule has 3 aromatic rings. The Morgan fingerprint density at radius 3 is 0.646 bits per heavy atom. The molecule has 0 aliphatic rings. The van der Waals surface area contributed by atoms with E-state index < -0.39 is 34.2 Å². The molecule has 3 rings (SSSR count). The molecule has 20 heteroatoms. The average molecular weight is 990 g/mol. The second-order valence-electron chi connectivity index (χ2n) is 14.0. The van der Waals surface area contributed by atoms with E-state index in [9.17, 15) is 0 Å². The normalized spacial score (nSPS) is 11.8. The van der Waals surface area contributed by atoms with Gasteiger partial charge in [0.2, 0.25) is 0 Å². The van der Waals surface area contributed by atoms with Crippen LogP contribution in [-0.4, -0.2) is 85.9 Å². The molecule has 0 saturated carbocycles. The molecule has 0 radical (unpaired) electrons. The molecule has 0 atom stereocenters. The lowest BCUT2D eigenvalue weighted by Crippen LogP contribution is -2.46. The van der Waals surface area contributed by atoms with E-state index in [1.807, 2.05) is 62.3 Å². The van der Waals surface area contributed by atoms with Gasteiger partial charge in [-0.05, 0) is 119 Å². The maximum atomic E-state index is 8.55. The standard InChI is InChI=1S/3C15H28NO3Si.H3O4P/c3*1-5-16-12-9-15(10-13-16)11-14-20(17-6-2,18-7-3)19-8-4;1-5(2,3)4/h3*9-10,12-13H,5-8,11,14H2,1-4H3;(H3,1,2,3,4)/q3*+1;/p-3. The van der Waals surface area contributed by atoms with E-state index in [1.165, 1.54) is 16.7 Å². The van der Waals surface area contributed by atoms with Crippen molar-refractivity contribution in [2.45, 2.75) is 140 Å². The maximum Gasteiger partial charge on any atom is 0.501 e. The molecule has 374 valence electrons. The smallest absolute Gasteiger partial charge is 0.501 e. The van der Waals surface area contributed by atoms with Crippen LogP contribution in [-0.2, 0) is 83.3 Å². The van der Waals surface area contributed by atoms with Gasteiger partial charge in [-0.2, -0.15) is 7.82 Å². The van der Waals surface area contributed by atoms with Crippen molar-refractivity contribution in [3.63, 3.8) is 0 Å². The minimum Gasteiger partial charge on any atom is -0.822 e. The minimum atomic E-state index is -5.39. The molecule has 3 aromatic heterocycles. The van der Waals surface area contributed by atoms with Gasteiger partial charge in [0.1, 0.15) is 19.6 Å². The van der Waals surface area contributed by atoms with Crippen LogP contribution in [0.3, 0.4) is 0 Å². The fourth-order valence-electron chi connectivity index (χ4n) is 6.49. The highest BCUT2D eigenvalue weighted by Crippen LogP contribution is 2.21. The quantitative estimate of drug-likeness (QED) is 0.0499. The molecule has 0 spiro atoms. The molecule has 3 heterocycles. The van der Waals surface area contributed by atoms with Crippen LogP contribution in [0, 0.1) is 0 Å². The van der Waals surface area contributed by atoms with Crippen molar-refractivity contribution in [3.05, 3.63) is 90.3 Å². The van der Waals surface area contributed by atoms with E-state index in [2.05, 4.69) is 108 Å². The van der Waals surface area contributed by atoms with Crippen molar-refractivity contribution >= 4 is 34.2 Å². The number of hydrogen-bond acceptors (Lipinski definition) is 13. The monoisotopic (exact) mass is 990 g/mol. The maximum absolute atomic E-state index is 8.55. The summed E-state index contributed by atoms with van der Waals surface area (Å²) in [5.74, 6) is 0. The first-order chi connectivity index (χ1) is 31.1. The van der Waals surface area contributed by atoms with Crippen LogP contribution in [0.5, 0.6) is 0 Å². The topological polar surface area (TPSA) is 181 Å². The van der Waals surface area contributed by atoms with Gasteiger partial charge in [-0.3, -0.25) is 0 Å². The third kappa shape index (κ3) is 28.7. The number of hydrogen-bond donors (Lipinski definition) is 0. The van der Waals surface area contributed by atoms with Gasteiger partial charge in [-0.25, -0.2) is 13.7 Å². The van der Waals surface area contributed by atoms with Crippen LogP contribution in [0.25, 0.3) is 0 Å². The summed E-state index contributed by atoms with van der Waals surface area (Å²) in [4.78, 5) is 25.6. The Morgan fingerprint density at radius 1 is 0.369 bits per heavy atom. The summed E-state index contributed by atoms with van der Waals surface area (Å²) < 4.78 is 67.8. The molecule has 16 nitrogen and oxygen atoms in total. The molecule has 0 aliphatic carbocycles. The van der Waals surface area contributed by atoms with Crippen LogP contribution < -0.4 is 28.4 Å². The van der Waals surface area contributed by atoms with Gasteiger partial charge in [0.05, 0.1) is 0 Å². The zero-order valence-electron chi connectivity index (χ0n) is 41.8. The van der Waals surface area contributed by atoms with Gasteiger partial charge in [0.15, 0.2) is 37.2 Å². The average Bonchev–Trinajstić information content (AvgIpc) is 3.28. The lowest BCUT2D eigenvalue weighted by molar-refractivity contribution is -0.693. The zero-order valence-corrected chi connectivity index (χ0v) is 45.6. The van der Waals surface area contributed by atoms with Crippen molar-refractivity contribution in [1.29, 1.82) is 0 Å². The van der Waals surface area contributed by atoms with Gasteiger partial charge in [0, 0.05) is 114 Å². The predicted octanol–water partition coefficient (Wildman–Crippen LogP) is 4.93. The lowest BCUT2D eigenvalue weighted by Gasteiger charge is -2.36. The molecule has 0 unspecified atom stereocenters. The molecule has 0 fully saturated rings. The predicted molar refractivity (Wildman–Crippen MR) is 252 cm³/mol. The summed E-state index contributed by atoms with van der Waals surface area (Å²) in [6, 6.07) is 15.5. The number of pyridine rings is 3. The van der Waals surface area contributed by atoms with Crippen molar-refractivity contribution in [3.8, 4) is 0 Å². The Labute approximate surface area is 395 Å². The van der Waals surface area contributed by atoms with Gasteiger partial charge in [-0.1, -0.05) is 0 Å². The Balaban J connectivity index is 0.000000896. The molecular weight excluding hydrogens is 906 g/mol. The summed E-state index contributed by atoms with van der Waals surface area (Å²) in [6.07, 6.45) is 15.5. The molecular formula is C45H84N3O13PSi3. The van der Waals surface area contributed by atoms with Crippen LogP contribution in [0.15, 0.2) is 73.6 Å². The van der Waals surface area contributed by atoms with E-state index in [0.29, 0.717) is 59.5 Å². The summed E-state index contributed by atoms with van der Waals surface area (Å²) in [6.45, 7) is 33.0. The lowest BCUT2D eigenvalue weighted by atomic mass is 10.2. The van der Waals surface area contributed by atoms with Crippen molar-refractivity contribution in [2.75, 3.05) is 59.5 Å². The number of aryl methyl sites for hydroxylation is 6. The van der Waals surface area contributed by atoms with E-state index in [1.54, 1.807) is 0 Å². The number of aromatic nitrogens is 3. The fourth-order valence-corrected chi connectivity index (χ4v) is 14.3. The summed E-state index contributed by atoms with van der Waals surface area (Å²) in [5.41, 5.74) is 3.89. The molecule has 0 bridgehead atoms. The Hall–Kier alpha value is -2.15. The third-order valence-corrected chi connectivity index (χ3v) is 18.6. The Bertz CT molecular complexity index is 1400. The molecule has 65 heavy (non-hydrogen) atoms. The highest BCUT2D eigenvalue weighted by molar-refractivity contribution is 7.40. The van der Waals surface area contributed by atoms with Crippen LogP contribution in [0.2, 0.25) is 18.1 Å². The van der Waals surface area contributed by atoms with E-state index >= 15 is 0 Å². The number of nitrogens with zero attached hydrogens (tertiary/aromatic N) is 3. The molecule has 0 aliphatic heterocycles. The van der Waals surface area contributed by atoms with Crippen molar-refractivity contribution in [2.24, 2.45) is 0 Å². The first kappa shape index (κ1) is 62.9. The first-order valence-corrected chi connectivity index (χ1v) is 30.8. The Morgan fingerprint density at radius 2 is 0.523 bits per heavy atom. The minimum absolute atomic E-state index is 0.636. The summed E-state index contributed by atoms with van der Waals surface area (Å²) >= 11 is 0. The second kappa shape index (κ2) is 36.8. The SMILES string of the molecule is CCO[Si](CCc1cc[n+](CC)cc1)(OCC)OCC.CCO[Si](CCc1cc[n+](CC)cc1)(OCC)OCC.CCO[Si](CCc1cc[n+](CC)cc1)(OCC)OCC.O=P([O-])([O-])[O-]. The highest BCUT2D eigenvalue weighted by Gasteiger charge is 2.41. The van der Waals surface area contributed by atoms with Crippen molar-refractivity contribution < 1.29 is 72.8 Å². The van der Waals surface area contributed by atoms with Crippen LogP contribution in [0.1, 0.15) is 99.8 Å². The van der Waals surface area contributed by atoms with Crippen LogP contribution in [0.4, 0.5) is 0 Å². The molecule has 0 saturated heterocycles. The zero-order chi connectivity index (χ0) is 49.0. The highest BCUT2D eigenvalue weighted by atomic mass is 31.2. The van der Waals surface area contributed by atoms with Crippen molar-refractivity contribution in [1.82, 2.24) is 0 Å². The van der Waals surface area contributed by atoms with Gasteiger partial charge in [0.25, 0.3) is 0 Å². The summed E-state index contributed by atoms with van der Waals surface area (Å²) in [5, 5.41) is 0. The number of phosphoric acid groups is 1. The van der Waals surface area contributed by atoms with Gasteiger partial charge in [-0.15, -0.1) is 0 Å². The van der Waals surface area contributed by atoms with E-state index in [-0.39, 0.29) is 0 Å². The molecule has 0 amide bonds. The molecule has 0 N–H and O–H groups in total. The first-order valence-electron chi connectivity index (χ1n) is 23.5. The van der Waals surface area contributed by atoms with Gasteiger partial charge >= 0.3 is 26.4 Å². The fraction of sp³-hybridized carbons (Fsp3) is 0.667. The Kier molecular flexibility index (Phi) is 35.6. The van der Waals surface area contributed by atoms with Crippen LogP contribution >= 0.6 is 7.82 Å². The number of rotatable bonds is 30. The summed E-state index contributed by atoms with van der Waals surface area (Å²) in [7, 11) is -12.9. The van der Waals surface area contributed by atoms with E-state index in [4.69, 9.17) is 59.1 Å². The second-order valence-corrected chi connectivity index (χ2v) is 23.1. The van der Waals surface area contributed by atoms with Gasteiger partial charge < -0.3 is 59.1 Å². The molecule has 0 aromatic carbocycles. The third-order valence-electron chi connectivity index (χ3n) is 9.41. The largest absolute Gasteiger partial charge is 0.822 e.